The van der Waals surface area contributed by atoms with Crippen LogP contribution in [0.5, 0.6) is 5.75 Å². The number of carbonyl (C=O) groups is 1. The number of hydrogen-bond donors (Lipinski definition) is 2. The highest BCUT2D eigenvalue weighted by Gasteiger charge is 2.30. The lowest BCUT2D eigenvalue weighted by Crippen LogP contribution is -2.22. The van der Waals surface area contributed by atoms with Gasteiger partial charge in [0.25, 0.3) is 0 Å². The van der Waals surface area contributed by atoms with Gasteiger partial charge in [-0.1, -0.05) is 23.5 Å². The zero-order chi connectivity index (χ0) is 13.4. The number of hydrogen-bond acceptors (Lipinski definition) is 5. The standard InChI is InChI=1S/C13H13N3O2S/c1-18-8-4-2-3-7(5-8)9-6-10(17)15-12-11(9)19-13(14)16-12/h2-5,9H,6H2,1H3,(H2,14,16)(H,15,17)/t9-/m0/s1. The summed E-state index contributed by atoms with van der Waals surface area (Å²) in [7, 11) is 1.63. The molecule has 0 radical (unpaired) electrons. The van der Waals surface area contributed by atoms with Crippen LogP contribution in [-0.2, 0) is 4.79 Å². The second kappa shape index (κ2) is 4.55. The number of carbonyl (C=O) groups excluding carboxylic acids is 1. The van der Waals surface area contributed by atoms with Crippen molar-refractivity contribution in [2.45, 2.75) is 12.3 Å². The van der Waals surface area contributed by atoms with E-state index in [1.54, 1.807) is 7.11 Å². The summed E-state index contributed by atoms with van der Waals surface area (Å²) in [4.78, 5) is 16.9. The minimum absolute atomic E-state index is 0.00588. The van der Waals surface area contributed by atoms with Crippen LogP contribution in [0.15, 0.2) is 24.3 Å². The molecule has 19 heavy (non-hydrogen) atoms. The number of anilines is 2. The van der Waals surface area contributed by atoms with Crippen LogP contribution in [0.1, 0.15) is 22.8 Å². The Morgan fingerprint density at radius 3 is 3.16 bits per heavy atom. The lowest BCUT2D eigenvalue weighted by Gasteiger charge is -2.21. The topological polar surface area (TPSA) is 77.2 Å². The lowest BCUT2D eigenvalue weighted by atomic mass is 9.91. The third-order valence-corrected chi connectivity index (χ3v) is 4.13. The van der Waals surface area contributed by atoms with Crippen molar-refractivity contribution in [1.82, 2.24) is 4.98 Å². The fourth-order valence-electron chi connectivity index (χ4n) is 2.26. The van der Waals surface area contributed by atoms with E-state index in [4.69, 9.17) is 10.5 Å². The Labute approximate surface area is 114 Å². The first-order valence-electron chi connectivity index (χ1n) is 5.87. The molecule has 3 rings (SSSR count). The summed E-state index contributed by atoms with van der Waals surface area (Å²) in [5, 5.41) is 3.23. The van der Waals surface area contributed by atoms with Gasteiger partial charge in [0.2, 0.25) is 5.91 Å². The molecule has 0 saturated carbocycles. The van der Waals surface area contributed by atoms with Crippen LogP contribution in [-0.4, -0.2) is 18.0 Å². The van der Waals surface area contributed by atoms with E-state index in [9.17, 15) is 4.79 Å². The smallest absolute Gasteiger partial charge is 0.226 e. The van der Waals surface area contributed by atoms with Crippen LogP contribution in [0.2, 0.25) is 0 Å². The minimum atomic E-state index is -0.0365. The maximum atomic E-state index is 11.8. The van der Waals surface area contributed by atoms with E-state index in [0.717, 1.165) is 16.2 Å². The first-order valence-corrected chi connectivity index (χ1v) is 6.69. The first kappa shape index (κ1) is 12.0. The number of aromatic nitrogens is 1. The van der Waals surface area contributed by atoms with Gasteiger partial charge in [0.1, 0.15) is 11.6 Å². The second-order valence-electron chi connectivity index (χ2n) is 4.35. The highest BCUT2D eigenvalue weighted by molar-refractivity contribution is 7.16. The number of methoxy groups -OCH3 is 1. The normalized spacial score (nSPS) is 17.7. The average Bonchev–Trinajstić information content (AvgIpc) is 2.78. The van der Waals surface area contributed by atoms with Crippen molar-refractivity contribution in [1.29, 1.82) is 0 Å². The van der Waals surface area contributed by atoms with Crippen molar-refractivity contribution in [3.63, 3.8) is 0 Å². The molecule has 1 aromatic carbocycles. The zero-order valence-electron chi connectivity index (χ0n) is 10.3. The van der Waals surface area contributed by atoms with Crippen LogP contribution in [0, 0.1) is 0 Å². The number of ether oxygens (including phenoxy) is 1. The molecule has 3 N–H and O–H groups in total. The second-order valence-corrected chi connectivity index (χ2v) is 5.41. The van der Waals surface area contributed by atoms with Crippen molar-refractivity contribution in [2.75, 3.05) is 18.2 Å². The molecule has 1 aliphatic heterocycles. The molecule has 1 aliphatic rings. The maximum Gasteiger partial charge on any atom is 0.226 e. The van der Waals surface area contributed by atoms with Gasteiger partial charge in [-0.2, -0.15) is 0 Å². The number of nitrogens with two attached hydrogens (primary N) is 1. The zero-order valence-corrected chi connectivity index (χ0v) is 11.2. The van der Waals surface area contributed by atoms with E-state index in [2.05, 4.69) is 10.3 Å². The van der Waals surface area contributed by atoms with E-state index < -0.39 is 0 Å². The molecule has 0 spiro atoms. The highest BCUT2D eigenvalue weighted by Crippen LogP contribution is 2.41. The Balaban J connectivity index is 2.06. The van der Waals surface area contributed by atoms with Crippen LogP contribution >= 0.6 is 11.3 Å². The van der Waals surface area contributed by atoms with E-state index in [1.165, 1.54) is 11.3 Å². The molecule has 1 amide bonds. The van der Waals surface area contributed by atoms with Gasteiger partial charge < -0.3 is 15.8 Å². The highest BCUT2D eigenvalue weighted by atomic mass is 32.1. The number of nitrogen functional groups attached to an aromatic ring is 1. The molecule has 0 bridgehead atoms. The van der Waals surface area contributed by atoms with Gasteiger partial charge in [-0.3, -0.25) is 4.79 Å². The summed E-state index contributed by atoms with van der Waals surface area (Å²) in [5.41, 5.74) is 6.77. The van der Waals surface area contributed by atoms with Crippen LogP contribution in [0.25, 0.3) is 0 Å². The Kier molecular flexibility index (Phi) is 2.87. The van der Waals surface area contributed by atoms with E-state index in [-0.39, 0.29) is 11.8 Å². The number of amides is 1. The van der Waals surface area contributed by atoms with Gasteiger partial charge in [0, 0.05) is 12.3 Å². The first-order chi connectivity index (χ1) is 9.17. The number of rotatable bonds is 2. The summed E-state index contributed by atoms with van der Waals surface area (Å²) in [6.45, 7) is 0. The fraction of sp³-hybridized carbons (Fsp3) is 0.231. The Morgan fingerprint density at radius 2 is 2.37 bits per heavy atom. The maximum absolute atomic E-state index is 11.8. The SMILES string of the molecule is COc1cccc([C@@H]2CC(=O)Nc3nc(N)sc32)c1. The molecule has 0 unspecified atom stereocenters. The number of thiazole rings is 1. The molecule has 6 heteroatoms. The molecule has 1 atom stereocenters. The molecule has 2 heterocycles. The summed E-state index contributed by atoms with van der Waals surface area (Å²) >= 11 is 1.42. The molecule has 98 valence electrons. The summed E-state index contributed by atoms with van der Waals surface area (Å²) in [6, 6.07) is 7.74. The van der Waals surface area contributed by atoms with Crippen LogP contribution in [0.3, 0.4) is 0 Å². The Bertz CT molecular complexity index is 639. The lowest BCUT2D eigenvalue weighted by molar-refractivity contribution is -0.116. The predicted octanol–water partition coefficient (Wildman–Crippen LogP) is 2.21. The van der Waals surface area contributed by atoms with Crippen molar-refractivity contribution in [3.8, 4) is 5.75 Å². The predicted molar refractivity (Wildman–Crippen MR) is 74.6 cm³/mol. The van der Waals surface area contributed by atoms with E-state index >= 15 is 0 Å². The molecular formula is C13H13N3O2S. The summed E-state index contributed by atoms with van der Waals surface area (Å²) in [5.74, 6) is 1.33. The number of nitrogens with zero attached hydrogens (tertiary/aromatic N) is 1. The van der Waals surface area contributed by atoms with Crippen molar-refractivity contribution >= 4 is 28.2 Å². The Morgan fingerprint density at radius 1 is 1.53 bits per heavy atom. The molecule has 0 fully saturated rings. The fourth-order valence-corrected chi connectivity index (χ4v) is 3.18. The number of benzene rings is 1. The van der Waals surface area contributed by atoms with Gasteiger partial charge in [-0.05, 0) is 17.7 Å². The van der Waals surface area contributed by atoms with Gasteiger partial charge in [0.05, 0.1) is 12.0 Å². The average molecular weight is 275 g/mol. The van der Waals surface area contributed by atoms with Crippen LogP contribution < -0.4 is 15.8 Å². The third kappa shape index (κ3) is 2.15. The molecule has 0 aliphatic carbocycles. The summed E-state index contributed by atoms with van der Waals surface area (Å²) < 4.78 is 5.23. The van der Waals surface area contributed by atoms with Crippen molar-refractivity contribution in [3.05, 3.63) is 34.7 Å². The molecular weight excluding hydrogens is 262 g/mol. The van der Waals surface area contributed by atoms with E-state index in [0.29, 0.717) is 17.4 Å². The number of fused-ring (bicyclic) bond motifs is 1. The van der Waals surface area contributed by atoms with Gasteiger partial charge in [-0.25, -0.2) is 4.98 Å². The molecule has 0 saturated heterocycles. The Hall–Kier alpha value is -2.08. The molecule has 1 aromatic heterocycles. The van der Waals surface area contributed by atoms with Crippen LogP contribution in [0.4, 0.5) is 10.9 Å². The largest absolute Gasteiger partial charge is 0.497 e. The summed E-state index contributed by atoms with van der Waals surface area (Å²) in [6.07, 6.45) is 0.405. The van der Waals surface area contributed by atoms with Crippen molar-refractivity contribution in [2.24, 2.45) is 0 Å². The van der Waals surface area contributed by atoms with Gasteiger partial charge >= 0.3 is 0 Å². The van der Waals surface area contributed by atoms with E-state index in [1.807, 2.05) is 24.3 Å². The third-order valence-electron chi connectivity index (χ3n) is 3.13. The number of nitrogens with one attached hydrogen (secondary N) is 1. The molecule has 5 nitrogen and oxygen atoms in total. The van der Waals surface area contributed by atoms with Gasteiger partial charge in [0.15, 0.2) is 5.13 Å². The molecule has 2 aromatic rings. The minimum Gasteiger partial charge on any atom is -0.497 e. The quantitative estimate of drug-likeness (QED) is 0.881. The monoisotopic (exact) mass is 275 g/mol. The van der Waals surface area contributed by atoms with Gasteiger partial charge in [-0.15, -0.1) is 0 Å². The van der Waals surface area contributed by atoms with Crippen molar-refractivity contribution < 1.29 is 9.53 Å².